The van der Waals surface area contributed by atoms with Gasteiger partial charge in [-0.2, -0.15) is 0 Å². The van der Waals surface area contributed by atoms with Crippen LogP contribution in [0.1, 0.15) is 148 Å². The van der Waals surface area contributed by atoms with Crippen LogP contribution in [0.4, 0.5) is 0 Å². The largest absolute Gasteiger partial charge is 0.396 e. The fraction of sp³-hybridized carbons (Fsp3) is 1.00. The Bertz CT molecular complexity index is 379. The molecular formula is C28H52O. The van der Waals surface area contributed by atoms with E-state index < -0.39 is 0 Å². The first-order valence-corrected chi connectivity index (χ1v) is 13.9. The summed E-state index contributed by atoms with van der Waals surface area (Å²) in [6.07, 6.45) is 33.9. The normalized spacial score (nSPS) is 30.3. The lowest BCUT2D eigenvalue weighted by molar-refractivity contribution is -0.0583. The second-order valence-electron chi connectivity index (χ2n) is 11.5. The Hall–Kier alpha value is -0.0400. The standard InChI is InChI=1S/C28H52O/c29-18-16-14-12-10-8-6-4-2-1-3-5-7-9-11-13-15-17-28-22-25-19-26(23-28)21-27(20-25)24-28/h25-27,29H,1-24H2. The molecule has 4 rings (SSSR count). The van der Waals surface area contributed by atoms with Crippen LogP contribution in [0.2, 0.25) is 0 Å². The molecule has 0 heterocycles. The topological polar surface area (TPSA) is 20.2 Å². The van der Waals surface area contributed by atoms with Gasteiger partial charge >= 0.3 is 0 Å². The van der Waals surface area contributed by atoms with E-state index in [-0.39, 0.29) is 0 Å². The van der Waals surface area contributed by atoms with Crippen LogP contribution in [0.3, 0.4) is 0 Å². The molecule has 4 fully saturated rings. The highest BCUT2D eigenvalue weighted by molar-refractivity contribution is 5.01. The van der Waals surface area contributed by atoms with E-state index in [1.165, 1.54) is 96.3 Å². The maximum absolute atomic E-state index is 8.77. The van der Waals surface area contributed by atoms with E-state index in [1.807, 2.05) is 0 Å². The van der Waals surface area contributed by atoms with Gasteiger partial charge < -0.3 is 5.11 Å². The third-order valence-corrected chi connectivity index (χ3v) is 8.78. The van der Waals surface area contributed by atoms with Gasteiger partial charge in [0, 0.05) is 6.61 Å². The van der Waals surface area contributed by atoms with E-state index in [1.54, 1.807) is 44.9 Å². The second-order valence-corrected chi connectivity index (χ2v) is 11.5. The Morgan fingerprint density at radius 3 is 1.10 bits per heavy atom. The SMILES string of the molecule is OCCCCCCCCCCCCCCCCCCC12CC3CC(CC(C3)C1)C2. The molecule has 4 aliphatic rings. The zero-order chi connectivity index (χ0) is 20.2. The molecule has 0 aromatic carbocycles. The first kappa shape index (κ1) is 23.6. The summed E-state index contributed by atoms with van der Waals surface area (Å²) in [6.45, 7) is 0.377. The molecule has 0 atom stereocenters. The Labute approximate surface area is 182 Å². The lowest BCUT2D eigenvalue weighted by atomic mass is 9.48. The highest BCUT2D eigenvalue weighted by Gasteiger charge is 2.50. The smallest absolute Gasteiger partial charge is 0.0431 e. The maximum Gasteiger partial charge on any atom is 0.0431 e. The van der Waals surface area contributed by atoms with Gasteiger partial charge in [0.05, 0.1) is 0 Å². The summed E-state index contributed by atoms with van der Waals surface area (Å²) in [5, 5.41) is 8.77. The van der Waals surface area contributed by atoms with Gasteiger partial charge in [0.2, 0.25) is 0 Å². The molecule has 0 amide bonds. The van der Waals surface area contributed by atoms with Crippen LogP contribution < -0.4 is 0 Å². The summed E-state index contributed by atoms with van der Waals surface area (Å²) < 4.78 is 0. The molecule has 1 heteroatoms. The van der Waals surface area contributed by atoms with E-state index in [9.17, 15) is 0 Å². The van der Waals surface area contributed by atoms with E-state index in [0.29, 0.717) is 6.61 Å². The highest BCUT2D eigenvalue weighted by Crippen LogP contribution is 2.61. The van der Waals surface area contributed by atoms with Crippen molar-refractivity contribution in [1.82, 2.24) is 0 Å². The monoisotopic (exact) mass is 404 g/mol. The fourth-order valence-corrected chi connectivity index (χ4v) is 7.68. The van der Waals surface area contributed by atoms with Crippen LogP contribution in [0.25, 0.3) is 0 Å². The molecule has 0 unspecified atom stereocenters. The minimum absolute atomic E-state index is 0.377. The van der Waals surface area contributed by atoms with Crippen molar-refractivity contribution in [1.29, 1.82) is 0 Å². The second kappa shape index (κ2) is 13.4. The van der Waals surface area contributed by atoms with Gasteiger partial charge in [0.1, 0.15) is 0 Å². The minimum atomic E-state index is 0.377. The molecule has 4 bridgehead atoms. The maximum atomic E-state index is 8.77. The molecule has 4 aliphatic carbocycles. The molecule has 4 saturated carbocycles. The Morgan fingerprint density at radius 1 is 0.448 bits per heavy atom. The Balaban J connectivity index is 1.05. The van der Waals surface area contributed by atoms with E-state index in [0.717, 1.165) is 29.6 Å². The number of aliphatic hydroxyl groups is 1. The lowest BCUT2D eigenvalue weighted by Gasteiger charge is -2.57. The highest BCUT2D eigenvalue weighted by atomic mass is 16.2. The minimum Gasteiger partial charge on any atom is -0.396 e. The molecule has 170 valence electrons. The summed E-state index contributed by atoms with van der Waals surface area (Å²) in [4.78, 5) is 0. The average molecular weight is 405 g/mol. The molecule has 0 aromatic heterocycles. The first-order chi connectivity index (χ1) is 14.3. The number of rotatable bonds is 18. The van der Waals surface area contributed by atoms with Crippen molar-refractivity contribution in [2.75, 3.05) is 6.61 Å². The number of hydrogen-bond donors (Lipinski definition) is 1. The van der Waals surface area contributed by atoms with Crippen molar-refractivity contribution in [3.8, 4) is 0 Å². The van der Waals surface area contributed by atoms with Crippen LogP contribution in [0.5, 0.6) is 0 Å². The van der Waals surface area contributed by atoms with Crippen molar-refractivity contribution < 1.29 is 5.11 Å². The fourth-order valence-electron chi connectivity index (χ4n) is 7.68. The van der Waals surface area contributed by atoms with E-state index in [4.69, 9.17) is 5.11 Å². The molecule has 0 aliphatic heterocycles. The van der Waals surface area contributed by atoms with Crippen molar-refractivity contribution in [2.45, 2.75) is 148 Å². The van der Waals surface area contributed by atoms with Gasteiger partial charge in [-0.1, -0.05) is 96.3 Å². The third-order valence-electron chi connectivity index (χ3n) is 8.78. The third kappa shape index (κ3) is 8.54. The van der Waals surface area contributed by atoms with Crippen LogP contribution in [0.15, 0.2) is 0 Å². The predicted octanol–water partition coefficient (Wildman–Crippen LogP) is 8.83. The van der Waals surface area contributed by atoms with E-state index >= 15 is 0 Å². The van der Waals surface area contributed by atoms with Gasteiger partial charge in [-0.05, 0) is 74.5 Å². The van der Waals surface area contributed by atoms with Crippen molar-refractivity contribution >= 4 is 0 Å². The quantitative estimate of drug-likeness (QED) is 0.226. The first-order valence-electron chi connectivity index (χ1n) is 13.9. The Morgan fingerprint density at radius 2 is 0.759 bits per heavy atom. The van der Waals surface area contributed by atoms with E-state index in [2.05, 4.69) is 0 Å². The van der Waals surface area contributed by atoms with Gasteiger partial charge in [0.15, 0.2) is 0 Å². The van der Waals surface area contributed by atoms with Crippen LogP contribution in [0, 0.1) is 23.2 Å². The zero-order valence-corrected chi connectivity index (χ0v) is 19.6. The summed E-state index contributed by atoms with van der Waals surface area (Å²) >= 11 is 0. The molecule has 0 spiro atoms. The number of aliphatic hydroxyl groups excluding tert-OH is 1. The molecule has 1 nitrogen and oxygen atoms in total. The summed E-state index contributed by atoms with van der Waals surface area (Å²) in [7, 11) is 0. The predicted molar refractivity (Wildman–Crippen MR) is 126 cm³/mol. The van der Waals surface area contributed by atoms with Crippen molar-refractivity contribution in [3.63, 3.8) is 0 Å². The van der Waals surface area contributed by atoms with Gasteiger partial charge in [-0.3, -0.25) is 0 Å². The van der Waals surface area contributed by atoms with Crippen LogP contribution in [-0.4, -0.2) is 11.7 Å². The molecule has 29 heavy (non-hydrogen) atoms. The van der Waals surface area contributed by atoms with Crippen molar-refractivity contribution in [3.05, 3.63) is 0 Å². The molecule has 0 aromatic rings. The van der Waals surface area contributed by atoms with Crippen LogP contribution >= 0.6 is 0 Å². The number of hydrogen-bond acceptors (Lipinski definition) is 1. The number of unbranched alkanes of at least 4 members (excludes halogenated alkanes) is 15. The molecule has 0 saturated heterocycles. The summed E-state index contributed by atoms with van der Waals surface area (Å²) in [5.41, 5.74) is 0.828. The zero-order valence-electron chi connectivity index (χ0n) is 19.6. The van der Waals surface area contributed by atoms with Crippen molar-refractivity contribution in [2.24, 2.45) is 23.2 Å². The summed E-state index contributed by atoms with van der Waals surface area (Å²) in [6, 6.07) is 0. The molecule has 0 radical (unpaired) electrons. The lowest BCUT2D eigenvalue weighted by Crippen LogP contribution is -2.45. The molecule has 1 N–H and O–H groups in total. The molecular weight excluding hydrogens is 352 g/mol. The summed E-state index contributed by atoms with van der Waals surface area (Å²) in [5.74, 6) is 3.41. The van der Waals surface area contributed by atoms with Gasteiger partial charge in [0.25, 0.3) is 0 Å². The van der Waals surface area contributed by atoms with Gasteiger partial charge in [-0.15, -0.1) is 0 Å². The Kier molecular flexibility index (Phi) is 10.9. The average Bonchev–Trinajstić information content (AvgIpc) is 2.69. The van der Waals surface area contributed by atoms with Crippen LogP contribution in [-0.2, 0) is 0 Å². The van der Waals surface area contributed by atoms with Gasteiger partial charge in [-0.25, -0.2) is 0 Å².